The van der Waals surface area contributed by atoms with Crippen LogP contribution in [0.15, 0.2) is 107 Å². The second-order valence-corrected chi connectivity index (χ2v) is 9.87. The third-order valence-electron chi connectivity index (χ3n) is 5.67. The van der Waals surface area contributed by atoms with Gasteiger partial charge in [-0.3, -0.25) is 0 Å². The number of phenols is 1. The van der Waals surface area contributed by atoms with E-state index in [0.717, 1.165) is 23.3 Å². The van der Waals surface area contributed by atoms with Crippen molar-refractivity contribution < 1.29 is 32.1 Å². The summed E-state index contributed by atoms with van der Waals surface area (Å²) in [6.07, 6.45) is 0. The van der Waals surface area contributed by atoms with Gasteiger partial charge in [-0.1, -0.05) is 0 Å². The van der Waals surface area contributed by atoms with Gasteiger partial charge in [0.25, 0.3) is 0 Å². The van der Waals surface area contributed by atoms with Crippen molar-refractivity contribution in [2.75, 3.05) is 13.2 Å². The Morgan fingerprint density at radius 3 is 1.63 bits per heavy atom. The summed E-state index contributed by atoms with van der Waals surface area (Å²) in [5, 5.41) is 9.61. The standard InChI is InChI=1S/C27H21FO6S/c28-21-5-13-25(14-6-21)35(30,31)26-15-11-24(12-16-26)34-23-9-3-20(4-10-23)27(32-17-18-33-27)19-1-7-22(29)8-2-19/h1-16,29H,17-18H2. The molecule has 0 atom stereocenters. The minimum absolute atomic E-state index is 0.0158. The van der Waals surface area contributed by atoms with Crippen LogP contribution in [0.5, 0.6) is 17.2 Å². The van der Waals surface area contributed by atoms with Crippen LogP contribution in [0.3, 0.4) is 0 Å². The van der Waals surface area contributed by atoms with Crippen molar-refractivity contribution >= 4 is 9.84 Å². The molecule has 0 aromatic heterocycles. The Kier molecular flexibility index (Phi) is 6.02. The van der Waals surface area contributed by atoms with E-state index in [1.165, 1.54) is 24.3 Å². The highest BCUT2D eigenvalue weighted by molar-refractivity contribution is 7.91. The minimum Gasteiger partial charge on any atom is -0.508 e. The molecule has 5 rings (SSSR count). The molecule has 0 amide bonds. The van der Waals surface area contributed by atoms with E-state index in [2.05, 4.69) is 0 Å². The van der Waals surface area contributed by atoms with Gasteiger partial charge in [0.1, 0.15) is 23.1 Å². The Hall–Kier alpha value is -3.72. The fourth-order valence-electron chi connectivity index (χ4n) is 3.91. The quantitative estimate of drug-likeness (QED) is 0.363. The zero-order valence-corrected chi connectivity index (χ0v) is 19.2. The summed E-state index contributed by atoms with van der Waals surface area (Å²) in [6.45, 7) is 0.874. The largest absolute Gasteiger partial charge is 0.508 e. The summed E-state index contributed by atoms with van der Waals surface area (Å²) in [7, 11) is -3.76. The van der Waals surface area contributed by atoms with Gasteiger partial charge in [-0.05, 0) is 97.1 Å². The van der Waals surface area contributed by atoms with Crippen molar-refractivity contribution in [2.45, 2.75) is 15.6 Å². The van der Waals surface area contributed by atoms with Crippen molar-refractivity contribution in [3.63, 3.8) is 0 Å². The van der Waals surface area contributed by atoms with Crippen molar-refractivity contribution in [2.24, 2.45) is 0 Å². The lowest BCUT2D eigenvalue weighted by atomic mass is 9.97. The first-order chi connectivity index (χ1) is 16.9. The van der Waals surface area contributed by atoms with E-state index in [-0.39, 0.29) is 15.5 Å². The number of sulfone groups is 1. The van der Waals surface area contributed by atoms with Gasteiger partial charge in [0.2, 0.25) is 15.6 Å². The number of rotatable bonds is 6. The number of ether oxygens (including phenoxy) is 3. The molecule has 8 heteroatoms. The fraction of sp³-hybridized carbons (Fsp3) is 0.111. The summed E-state index contributed by atoms with van der Waals surface area (Å²) >= 11 is 0. The fourth-order valence-corrected chi connectivity index (χ4v) is 5.17. The van der Waals surface area contributed by atoms with Crippen molar-refractivity contribution in [3.8, 4) is 17.2 Å². The molecule has 0 aliphatic carbocycles. The van der Waals surface area contributed by atoms with Crippen LogP contribution in [0, 0.1) is 5.82 Å². The first-order valence-corrected chi connectivity index (χ1v) is 12.3. The second-order valence-electron chi connectivity index (χ2n) is 7.92. The molecule has 4 aromatic rings. The van der Waals surface area contributed by atoms with Crippen molar-refractivity contribution in [3.05, 3.63) is 114 Å². The number of phenolic OH excluding ortho intramolecular Hbond substituents is 1. The molecule has 1 aliphatic rings. The lowest BCUT2D eigenvalue weighted by molar-refractivity contribution is -0.129. The van der Waals surface area contributed by atoms with Gasteiger partial charge in [-0.2, -0.15) is 0 Å². The monoisotopic (exact) mass is 492 g/mol. The van der Waals surface area contributed by atoms with Gasteiger partial charge in [0.15, 0.2) is 0 Å². The van der Waals surface area contributed by atoms with Crippen LogP contribution < -0.4 is 4.74 Å². The van der Waals surface area contributed by atoms with Gasteiger partial charge in [0, 0.05) is 11.1 Å². The summed E-state index contributed by atoms with van der Waals surface area (Å²) in [6, 6.07) is 24.6. The van der Waals surface area contributed by atoms with Crippen LogP contribution in [0.1, 0.15) is 11.1 Å². The molecule has 1 fully saturated rings. The van der Waals surface area contributed by atoms with Gasteiger partial charge in [-0.15, -0.1) is 0 Å². The van der Waals surface area contributed by atoms with Gasteiger partial charge < -0.3 is 19.3 Å². The minimum atomic E-state index is -3.76. The maximum absolute atomic E-state index is 13.1. The SMILES string of the molecule is O=S(=O)(c1ccc(F)cc1)c1ccc(Oc2ccc(C3(c4ccc(O)cc4)OCCO3)cc2)cc1. The Morgan fingerprint density at radius 1 is 0.686 bits per heavy atom. The van der Waals surface area contributed by atoms with Crippen molar-refractivity contribution in [1.82, 2.24) is 0 Å². The van der Waals surface area contributed by atoms with Gasteiger partial charge in [0.05, 0.1) is 23.0 Å². The lowest BCUT2D eigenvalue weighted by Gasteiger charge is -2.28. The zero-order valence-electron chi connectivity index (χ0n) is 18.4. The Labute approximate surface area is 202 Å². The second kappa shape index (κ2) is 9.14. The average Bonchev–Trinajstić information content (AvgIpc) is 3.37. The first kappa shape index (κ1) is 23.0. The van der Waals surface area contributed by atoms with E-state index in [1.807, 2.05) is 12.1 Å². The molecule has 1 saturated heterocycles. The Balaban J connectivity index is 1.34. The number of hydrogen-bond acceptors (Lipinski definition) is 6. The van der Waals surface area contributed by atoms with E-state index in [9.17, 15) is 17.9 Å². The summed E-state index contributed by atoms with van der Waals surface area (Å²) in [5.41, 5.74) is 1.54. The molecule has 1 heterocycles. The third kappa shape index (κ3) is 4.51. The Bertz CT molecular complexity index is 1410. The predicted octanol–water partition coefficient (Wildman–Crippen LogP) is 5.40. The maximum atomic E-state index is 13.1. The molecule has 0 bridgehead atoms. The first-order valence-electron chi connectivity index (χ1n) is 10.8. The van der Waals surface area contributed by atoms with Crippen LogP contribution in [-0.2, 0) is 25.1 Å². The van der Waals surface area contributed by atoms with E-state index >= 15 is 0 Å². The highest BCUT2D eigenvalue weighted by Crippen LogP contribution is 2.39. The molecule has 4 aromatic carbocycles. The van der Waals surface area contributed by atoms with Crippen LogP contribution in [0.4, 0.5) is 4.39 Å². The summed E-state index contributed by atoms with van der Waals surface area (Å²) < 4.78 is 56.5. The van der Waals surface area contributed by atoms with E-state index in [1.54, 1.807) is 48.5 Å². The highest BCUT2D eigenvalue weighted by atomic mass is 32.2. The molecule has 1 N–H and O–H groups in total. The maximum Gasteiger partial charge on any atom is 0.222 e. The zero-order chi connectivity index (χ0) is 24.5. The van der Waals surface area contributed by atoms with Crippen LogP contribution in [0.2, 0.25) is 0 Å². The van der Waals surface area contributed by atoms with E-state index in [0.29, 0.717) is 24.7 Å². The molecular formula is C27H21FO6S. The molecule has 35 heavy (non-hydrogen) atoms. The molecule has 6 nitrogen and oxygen atoms in total. The molecule has 1 aliphatic heterocycles. The van der Waals surface area contributed by atoms with Crippen LogP contribution in [0.25, 0.3) is 0 Å². The van der Waals surface area contributed by atoms with Crippen molar-refractivity contribution in [1.29, 1.82) is 0 Å². The normalized spacial score (nSPS) is 15.1. The molecule has 178 valence electrons. The topological polar surface area (TPSA) is 82.1 Å². The third-order valence-corrected chi connectivity index (χ3v) is 7.45. The molecule has 0 radical (unpaired) electrons. The summed E-state index contributed by atoms with van der Waals surface area (Å²) in [4.78, 5) is 0.0974. The van der Waals surface area contributed by atoms with E-state index in [4.69, 9.17) is 14.2 Å². The highest BCUT2D eigenvalue weighted by Gasteiger charge is 2.40. The number of halogens is 1. The van der Waals surface area contributed by atoms with Gasteiger partial charge in [-0.25, -0.2) is 12.8 Å². The number of hydrogen-bond donors (Lipinski definition) is 1. The molecule has 0 spiro atoms. The lowest BCUT2D eigenvalue weighted by Crippen LogP contribution is -2.28. The molecular weight excluding hydrogens is 471 g/mol. The smallest absolute Gasteiger partial charge is 0.222 e. The molecule has 0 unspecified atom stereocenters. The predicted molar refractivity (Wildman–Crippen MR) is 126 cm³/mol. The van der Waals surface area contributed by atoms with E-state index < -0.39 is 21.4 Å². The van der Waals surface area contributed by atoms with Crippen LogP contribution >= 0.6 is 0 Å². The summed E-state index contributed by atoms with van der Waals surface area (Å²) in [5.74, 6) is -0.414. The Morgan fingerprint density at radius 2 is 1.11 bits per heavy atom. The average molecular weight is 493 g/mol. The molecule has 0 saturated carbocycles. The van der Waals surface area contributed by atoms with Crippen LogP contribution in [-0.4, -0.2) is 26.7 Å². The number of aromatic hydroxyl groups is 1. The number of benzene rings is 4. The van der Waals surface area contributed by atoms with Gasteiger partial charge >= 0.3 is 0 Å².